The standard InChI is InChI=1S/C18H20N2O/c1-19(2)12-9-10-14-16(11-12)18(21)15-8-6-5-7-13(15)17(14)20(3)4/h5-11,17H,1-4H3. The van der Waals surface area contributed by atoms with Gasteiger partial charge in [-0.2, -0.15) is 0 Å². The number of rotatable bonds is 2. The molecule has 3 heteroatoms. The molecule has 1 atom stereocenters. The van der Waals surface area contributed by atoms with Crippen LogP contribution in [0.1, 0.15) is 33.1 Å². The first kappa shape index (κ1) is 13.8. The number of anilines is 1. The van der Waals surface area contributed by atoms with E-state index in [1.54, 1.807) is 0 Å². The van der Waals surface area contributed by atoms with Gasteiger partial charge in [0.2, 0.25) is 0 Å². The zero-order chi connectivity index (χ0) is 15.1. The second-order valence-electron chi connectivity index (χ2n) is 5.95. The maximum Gasteiger partial charge on any atom is 0.193 e. The lowest BCUT2D eigenvalue weighted by Crippen LogP contribution is -2.29. The van der Waals surface area contributed by atoms with Gasteiger partial charge in [0, 0.05) is 30.9 Å². The molecule has 0 fully saturated rings. The summed E-state index contributed by atoms with van der Waals surface area (Å²) in [5.74, 6) is 0.127. The lowest BCUT2D eigenvalue weighted by atomic mass is 9.81. The molecule has 0 bridgehead atoms. The third kappa shape index (κ3) is 2.14. The first-order chi connectivity index (χ1) is 10.0. The number of hydrogen-bond donors (Lipinski definition) is 0. The van der Waals surface area contributed by atoms with Gasteiger partial charge in [0.05, 0.1) is 6.04 Å². The van der Waals surface area contributed by atoms with E-state index in [-0.39, 0.29) is 11.8 Å². The van der Waals surface area contributed by atoms with E-state index in [9.17, 15) is 4.79 Å². The lowest BCUT2D eigenvalue weighted by Gasteiger charge is -2.32. The van der Waals surface area contributed by atoms with E-state index >= 15 is 0 Å². The molecule has 21 heavy (non-hydrogen) atoms. The molecule has 3 nitrogen and oxygen atoms in total. The van der Waals surface area contributed by atoms with Gasteiger partial charge in [-0.3, -0.25) is 9.69 Å². The molecule has 0 radical (unpaired) electrons. The molecule has 0 aromatic heterocycles. The third-order valence-corrected chi connectivity index (χ3v) is 4.11. The quantitative estimate of drug-likeness (QED) is 0.845. The van der Waals surface area contributed by atoms with Crippen molar-refractivity contribution in [3.8, 4) is 0 Å². The summed E-state index contributed by atoms with van der Waals surface area (Å²) >= 11 is 0. The number of ketones is 1. The van der Waals surface area contributed by atoms with E-state index in [1.807, 2.05) is 43.3 Å². The van der Waals surface area contributed by atoms with Crippen molar-refractivity contribution in [2.24, 2.45) is 0 Å². The summed E-state index contributed by atoms with van der Waals surface area (Å²) in [5.41, 5.74) is 4.88. The SMILES string of the molecule is CN(C)c1ccc2c(c1)C(=O)c1ccccc1C2N(C)C. The summed E-state index contributed by atoms with van der Waals surface area (Å²) in [6, 6.07) is 14.2. The largest absolute Gasteiger partial charge is 0.378 e. The smallest absolute Gasteiger partial charge is 0.193 e. The monoisotopic (exact) mass is 280 g/mol. The predicted molar refractivity (Wildman–Crippen MR) is 86.2 cm³/mol. The van der Waals surface area contributed by atoms with Crippen molar-refractivity contribution >= 4 is 11.5 Å². The van der Waals surface area contributed by atoms with Crippen LogP contribution in [0.5, 0.6) is 0 Å². The topological polar surface area (TPSA) is 23.6 Å². The summed E-state index contributed by atoms with van der Waals surface area (Å²) in [5, 5.41) is 0. The predicted octanol–water partition coefficient (Wildman–Crippen LogP) is 2.95. The van der Waals surface area contributed by atoms with Crippen LogP contribution >= 0.6 is 0 Å². The van der Waals surface area contributed by atoms with Gasteiger partial charge in [-0.15, -0.1) is 0 Å². The van der Waals surface area contributed by atoms with E-state index in [2.05, 4.69) is 37.2 Å². The zero-order valence-corrected chi connectivity index (χ0v) is 12.9. The van der Waals surface area contributed by atoms with Crippen molar-refractivity contribution in [1.29, 1.82) is 0 Å². The Kier molecular flexibility index (Phi) is 3.30. The molecule has 1 aliphatic carbocycles. The number of nitrogens with zero attached hydrogens (tertiary/aromatic N) is 2. The molecule has 1 unspecified atom stereocenters. The van der Waals surface area contributed by atoms with Crippen molar-refractivity contribution < 1.29 is 4.79 Å². The summed E-state index contributed by atoms with van der Waals surface area (Å²) in [6.07, 6.45) is 0. The van der Waals surface area contributed by atoms with Gasteiger partial charge in [0.25, 0.3) is 0 Å². The molecule has 0 amide bonds. The molecule has 2 aromatic rings. The van der Waals surface area contributed by atoms with E-state index in [0.29, 0.717) is 0 Å². The normalized spacial score (nSPS) is 16.6. The molecule has 2 aromatic carbocycles. The summed E-state index contributed by atoms with van der Waals surface area (Å²) in [4.78, 5) is 17.0. The first-order valence-electron chi connectivity index (χ1n) is 7.12. The minimum atomic E-state index is 0.127. The highest BCUT2D eigenvalue weighted by atomic mass is 16.1. The molecule has 0 N–H and O–H groups in total. The number of benzene rings is 2. The molecular weight excluding hydrogens is 260 g/mol. The van der Waals surface area contributed by atoms with Crippen LogP contribution in [0.3, 0.4) is 0 Å². The van der Waals surface area contributed by atoms with Crippen LogP contribution in [0, 0.1) is 0 Å². The molecule has 0 heterocycles. The number of carbonyl (C=O) groups excluding carboxylic acids is 1. The van der Waals surface area contributed by atoms with Crippen molar-refractivity contribution in [3.63, 3.8) is 0 Å². The maximum atomic E-state index is 12.8. The molecule has 3 rings (SSSR count). The Morgan fingerprint density at radius 2 is 1.52 bits per heavy atom. The molecule has 0 saturated carbocycles. The number of carbonyl (C=O) groups is 1. The Labute approximate surface area is 125 Å². The number of hydrogen-bond acceptors (Lipinski definition) is 3. The van der Waals surface area contributed by atoms with E-state index in [4.69, 9.17) is 0 Å². The Hall–Kier alpha value is -2.13. The van der Waals surface area contributed by atoms with Crippen molar-refractivity contribution in [3.05, 3.63) is 64.7 Å². The molecule has 1 aliphatic rings. The van der Waals surface area contributed by atoms with Gasteiger partial charge in [-0.1, -0.05) is 30.3 Å². The van der Waals surface area contributed by atoms with Gasteiger partial charge in [0.1, 0.15) is 0 Å². The minimum Gasteiger partial charge on any atom is -0.378 e. The summed E-state index contributed by atoms with van der Waals surface area (Å²) < 4.78 is 0. The fourth-order valence-corrected chi connectivity index (χ4v) is 3.07. The Morgan fingerprint density at radius 1 is 0.857 bits per heavy atom. The third-order valence-electron chi connectivity index (χ3n) is 4.11. The Balaban J connectivity index is 2.24. The van der Waals surface area contributed by atoms with E-state index in [1.165, 1.54) is 0 Å². The fraction of sp³-hybridized carbons (Fsp3) is 0.278. The summed E-state index contributed by atoms with van der Waals surface area (Å²) in [6.45, 7) is 0. The van der Waals surface area contributed by atoms with Crippen LogP contribution in [-0.2, 0) is 0 Å². The molecular formula is C18H20N2O. The molecule has 108 valence electrons. The average Bonchev–Trinajstić information content (AvgIpc) is 2.47. The minimum absolute atomic E-state index is 0.127. The van der Waals surface area contributed by atoms with E-state index in [0.717, 1.165) is 27.9 Å². The van der Waals surface area contributed by atoms with Gasteiger partial charge in [0.15, 0.2) is 5.78 Å². The van der Waals surface area contributed by atoms with Gasteiger partial charge < -0.3 is 4.90 Å². The highest BCUT2D eigenvalue weighted by Crippen LogP contribution is 2.38. The second-order valence-corrected chi connectivity index (χ2v) is 5.95. The number of fused-ring (bicyclic) bond motifs is 2. The van der Waals surface area contributed by atoms with Crippen molar-refractivity contribution in [1.82, 2.24) is 4.90 Å². The second kappa shape index (κ2) is 5.01. The van der Waals surface area contributed by atoms with Gasteiger partial charge >= 0.3 is 0 Å². The Morgan fingerprint density at radius 3 is 2.19 bits per heavy atom. The van der Waals surface area contributed by atoms with Crippen LogP contribution in [0.25, 0.3) is 0 Å². The Bertz CT molecular complexity index is 704. The van der Waals surface area contributed by atoms with Crippen molar-refractivity contribution in [2.75, 3.05) is 33.1 Å². The van der Waals surface area contributed by atoms with Crippen LogP contribution in [0.4, 0.5) is 5.69 Å². The van der Waals surface area contributed by atoms with Crippen LogP contribution < -0.4 is 4.90 Å². The first-order valence-corrected chi connectivity index (χ1v) is 7.12. The van der Waals surface area contributed by atoms with Gasteiger partial charge in [-0.25, -0.2) is 0 Å². The van der Waals surface area contributed by atoms with E-state index < -0.39 is 0 Å². The average molecular weight is 280 g/mol. The van der Waals surface area contributed by atoms with Gasteiger partial charge in [-0.05, 0) is 37.4 Å². The highest BCUT2D eigenvalue weighted by molar-refractivity contribution is 6.13. The van der Waals surface area contributed by atoms with Crippen LogP contribution in [-0.4, -0.2) is 38.9 Å². The molecule has 0 spiro atoms. The van der Waals surface area contributed by atoms with Crippen molar-refractivity contribution in [2.45, 2.75) is 6.04 Å². The highest BCUT2D eigenvalue weighted by Gasteiger charge is 2.32. The molecule has 0 saturated heterocycles. The maximum absolute atomic E-state index is 12.8. The zero-order valence-electron chi connectivity index (χ0n) is 12.9. The lowest BCUT2D eigenvalue weighted by molar-refractivity contribution is 0.102. The fourth-order valence-electron chi connectivity index (χ4n) is 3.07. The molecule has 0 aliphatic heterocycles. The van der Waals surface area contributed by atoms with Crippen LogP contribution in [0.15, 0.2) is 42.5 Å². The summed E-state index contributed by atoms with van der Waals surface area (Å²) in [7, 11) is 8.10. The van der Waals surface area contributed by atoms with Crippen LogP contribution in [0.2, 0.25) is 0 Å².